The van der Waals surface area contributed by atoms with Gasteiger partial charge >= 0.3 is 0 Å². The average Bonchev–Trinajstić information content (AvgIpc) is 3.86. The smallest absolute Gasteiger partial charge is 0.161 e. The molecular weight excluding hydrogens is 641 g/mol. The van der Waals surface area contributed by atoms with Gasteiger partial charge in [0.05, 0.1) is 27.8 Å². The van der Waals surface area contributed by atoms with E-state index in [9.17, 15) is 0 Å². The van der Waals surface area contributed by atoms with E-state index in [-0.39, 0.29) is 0 Å². The zero-order valence-corrected chi connectivity index (χ0v) is 28.2. The molecule has 0 unspecified atom stereocenters. The van der Waals surface area contributed by atoms with Crippen molar-refractivity contribution < 1.29 is 0 Å². The molecule has 4 heterocycles. The van der Waals surface area contributed by atoms with E-state index >= 15 is 0 Å². The third-order valence-electron chi connectivity index (χ3n) is 10.2. The summed E-state index contributed by atoms with van der Waals surface area (Å²) in [4.78, 5) is 11.3. The second kappa shape index (κ2) is 11.0. The third-order valence-corrected chi connectivity index (χ3v) is 11.2. The van der Waals surface area contributed by atoms with Crippen molar-refractivity contribution >= 4 is 75.3 Å². The normalized spacial score (nSPS) is 11.9. The third kappa shape index (κ3) is 4.19. The lowest BCUT2D eigenvalue weighted by molar-refractivity contribution is 1.17. The number of hydrogen-bond donors (Lipinski definition) is 0. The maximum Gasteiger partial charge on any atom is 0.161 e. The standard InChI is InChI=1S/C46H28N4S/c1-3-13-30(14-4-1)45-47-43(42-36-19-9-12-22-40(36)51-46(42)48-45)29-23-25-32(26-24-29)50-37-20-10-7-17-33(37)34-27-28-39-41(44(34)50)35-18-8-11-21-38(35)49(39)31-15-5-2-6-16-31/h1-28H. The lowest BCUT2D eigenvalue weighted by Gasteiger charge is -2.12. The Morgan fingerprint density at radius 1 is 0.392 bits per heavy atom. The molecule has 0 aliphatic heterocycles. The number of thiophene rings is 1. The predicted molar refractivity (Wildman–Crippen MR) is 214 cm³/mol. The van der Waals surface area contributed by atoms with Crippen molar-refractivity contribution in [2.75, 3.05) is 0 Å². The van der Waals surface area contributed by atoms with Gasteiger partial charge in [0.1, 0.15) is 4.83 Å². The van der Waals surface area contributed by atoms with Crippen LogP contribution in [0.3, 0.4) is 0 Å². The summed E-state index contributed by atoms with van der Waals surface area (Å²) >= 11 is 1.73. The molecule has 0 aliphatic rings. The number of aromatic nitrogens is 4. The first-order chi connectivity index (χ1) is 25.3. The molecule has 0 amide bonds. The van der Waals surface area contributed by atoms with Gasteiger partial charge in [0.25, 0.3) is 0 Å². The van der Waals surface area contributed by atoms with Crippen LogP contribution in [-0.2, 0) is 0 Å². The first-order valence-electron chi connectivity index (χ1n) is 17.2. The number of para-hydroxylation sites is 3. The zero-order chi connectivity index (χ0) is 33.5. The van der Waals surface area contributed by atoms with E-state index in [0.29, 0.717) is 0 Å². The lowest BCUT2D eigenvalue weighted by atomic mass is 10.0. The van der Waals surface area contributed by atoms with Crippen LogP contribution in [0.15, 0.2) is 170 Å². The number of hydrogen-bond acceptors (Lipinski definition) is 3. The average molecular weight is 669 g/mol. The minimum absolute atomic E-state index is 0.744. The monoisotopic (exact) mass is 668 g/mol. The van der Waals surface area contributed by atoms with Crippen molar-refractivity contribution in [1.82, 2.24) is 19.1 Å². The van der Waals surface area contributed by atoms with E-state index in [2.05, 4.69) is 161 Å². The van der Waals surface area contributed by atoms with E-state index in [1.165, 1.54) is 53.7 Å². The molecular formula is C46H28N4S. The Balaban J connectivity index is 1.18. The van der Waals surface area contributed by atoms with Gasteiger partial charge in [0, 0.05) is 59.5 Å². The van der Waals surface area contributed by atoms with E-state index in [1.54, 1.807) is 11.3 Å². The van der Waals surface area contributed by atoms with Crippen LogP contribution >= 0.6 is 11.3 Å². The first-order valence-corrected chi connectivity index (χ1v) is 18.0. The van der Waals surface area contributed by atoms with Crippen molar-refractivity contribution in [1.29, 1.82) is 0 Å². The van der Waals surface area contributed by atoms with Crippen LogP contribution in [0.5, 0.6) is 0 Å². The quantitative estimate of drug-likeness (QED) is 0.187. The summed E-state index contributed by atoms with van der Waals surface area (Å²) in [6.45, 7) is 0. The topological polar surface area (TPSA) is 35.6 Å². The maximum absolute atomic E-state index is 5.25. The Hall–Kier alpha value is -6.56. The molecule has 4 aromatic heterocycles. The largest absolute Gasteiger partial charge is 0.309 e. The van der Waals surface area contributed by atoms with Gasteiger partial charge in [-0.05, 0) is 48.5 Å². The molecule has 11 aromatic rings. The number of benzene rings is 7. The van der Waals surface area contributed by atoms with Crippen LogP contribution in [-0.4, -0.2) is 19.1 Å². The van der Waals surface area contributed by atoms with Gasteiger partial charge in [-0.1, -0.05) is 121 Å². The molecule has 4 nitrogen and oxygen atoms in total. The second-order valence-corrected chi connectivity index (χ2v) is 14.0. The minimum atomic E-state index is 0.744. The molecule has 0 radical (unpaired) electrons. The van der Waals surface area contributed by atoms with Gasteiger partial charge in [-0.3, -0.25) is 0 Å². The van der Waals surface area contributed by atoms with Crippen LogP contribution < -0.4 is 0 Å². The Morgan fingerprint density at radius 3 is 1.80 bits per heavy atom. The van der Waals surface area contributed by atoms with Crippen molar-refractivity contribution in [2.24, 2.45) is 0 Å². The number of fused-ring (bicyclic) bond motifs is 10. The Morgan fingerprint density at radius 2 is 1.02 bits per heavy atom. The Bertz CT molecular complexity index is 3120. The van der Waals surface area contributed by atoms with Gasteiger partial charge in [0.15, 0.2) is 5.82 Å². The summed E-state index contributed by atoms with van der Waals surface area (Å²) in [6.07, 6.45) is 0. The second-order valence-electron chi connectivity index (χ2n) is 13.0. The van der Waals surface area contributed by atoms with Crippen molar-refractivity contribution in [3.8, 4) is 34.0 Å². The molecule has 238 valence electrons. The molecule has 0 saturated heterocycles. The molecule has 5 heteroatoms. The van der Waals surface area contributed by atoms with Gasteiger partial charge in [0.2, 0.25) is 0 Å². The molecule has 0 saturated carbocycles. The molecule has 0 spiro atoms. The fourth-order valence-corrected chi connectivity index (χ4v) is 9.02. The SMILES string of the molecule is c1ccc(-c2nc(-c3ccc(-n4c5ccccc5c5ccc6c(c7ccccc7n6-c6ccccc6)c54)cc3)c3c(n2)sc2ccccc23)cc1. The van der Waals surface area contributed by atoms with Crippen LogP contribution in [0.4, 0.5) is 0 Å². The molecule has 11 rings (SSSR count). The molecule has 0 N–H and O–H groups in total. The van der Waals surface area contributed by atoms with Crippen LogP contribution in [0, 0.1) is 0 Å². The van der Waals surface area contributed by atoms with E-state index in [4.69, 9.17) is 9.97 Å². The molecule has 7 aromatic carbocycles. The van der Waals surface area contributed by atoms with Crippen molar-refractivity contribution in [3.05, 3.63) is 170 Å². The number of nitrogens with zero attached hydrogens (tertiary/aromatic N) is 4. The molecule has 0 aliphatic carbocycles. The molecule has 0 bridgehead atoms. The highest BCUT2D eigenvalue weighted by Gasteiger charge is 2.21. The molecule has 0 fully saturated rings. The molecule has 0 atom stereocenters. The first kappa shape index (κ1) is 28.3. The highest BCUT2D eigenvalue weighted by molar-refractivity contribution is 7.25. The summed E-state index contributed by atoms with van der Waals surface area (Å²) < 4.78 is 6.06. The zero-order valence-electron chi connectivity index (χ0n) is 27.4. The lowest BCUT2D eigenvalue weighted by Crippen LogP contribution is -1.96. The highest BCUT2D eigenvalue weighted by atomic mass is 32.1. The summed E-state index contributed by atoms with van der Waals surface area (Å²) in [5.74, 6) is 0.744. The van der Waals surface area contributed by atoms with E-state index in [0.717, 1.165) is 44.2 Å². The van der Waals surface area contributed by atoms with Gasteiger partial charge in [-0.15, -0.1) is 11.3 Å². The van der Waals surface area contributed by atoms with Crippen LogP contribution in [0.1, 0.15) is 0 Å². The van der Waals surface area contributed by atoms with Gasteiger partial charge < -0.3 is 9.13 Å². The van der Waals surface area contributed by atoms with Crippen molar-refractivity contribution in [3.63, 3.8) is 0 Å². The van der Waals surface area contributed by atoms with Crippen molar-refractivity contribution in [2.45, 2.75) is 0 Å². The Labute approximate surface area is 297 Å². The Kier molecular flexibility index (Phi) is 6.09. The fourth-order valence-electron chi connectivity index (χ4n) is 7.95. The van der Waals surface area contributed by atoms with Crippen LogP contribution in [0.2, 0.25) is 0 Å². The summed E-state index contributed by atoms with van der Waals surface area (Å²) in [5.41, 5.74) is 10.1. The van der Waals surface area contributed by atoms with Gasteiger partial charge in [-0.2, -0.15) is 0 Å². The summed E-state index contributed by atoms with van der Waals surface area (Å²) in [6, 6.07) is 60.6. The van der Waals surface area contributed by atoms with E-state index < -0.39 is 0 Å². The maximum atomic E-state index is 5.25. The fraction of sp³-hybridized carbons (Fsp3) is 0. The number of rotatable bonds is 4. The van der Waals surface area contributed by atoms with Crippen LogP contribution in [0.25, 0.3) is 97.9 Å². The predicted octanol–water partition coefficient (Wildman–Crippen LogP) is 12.4. The molecule has 51 heavy (non-hydrogen) atoms. The minimum Gasteiger partial charge on any atom is -0.309 e. The van der Waals surface area contributed by atoms with Gasteiger partial charge in [-0.25, -0.2) is 9.97 Å². The summed E-state index contributed by atoms with van der Waals surface area (Å²) in [5, 5.41) is 7.27. The summed E-state index contributed by atoms with van der Waals surface area (Å²) in [7, 11) is 0. The highest BCUT2D eigenvalue weighted by Crippen LogP contribution is 2.43. The van der Waals surface area contributed by atoms with E-state index in [1.807, 2.05) is 18.2 Å².